The van der Waals surface area contributed by atoms with Crippen molar-refractivity contribution >= 4 is 30.0 Å². The zero-order chi connectivity index (χ0) is 17.8. The summed E-state index contributed by atoms with van der Waals surface area (Å²) >= 11 is 11.2. The van der Waals surface area contributed by atoms with E-state index in [9.17, 15) is 5.11 Å². The number of hydrogen-bond acceptors (Lipinski definition) is 5. The molecule has 0 unspecified atom stereocenters. The largest absolute Gasteiger partial charge is 0.504 e. The molecule has 128 valence electrons. The topological polar surface area (TPSA) is 75.4 Å². The second-order valence-corrected chi connectivity index (χ2v) is 5.87. The summed E-state index contributed by atoms with van der Waals surface area (Å²) in [7, 11) is 0. The number of phenolic OH excluding ortho intramolecular Hbond substituents is 1. The van der Waals surface area contributed by atoms with Crippen molar-refractivity contribution < 1.29 is 9.84 Å². The quantitative estimate of drug-likeness (QED) is 0.517. The molecule has 0 saturated heterocycles. The Hall–Kier alpha value is -2.64. The number of hydrogen-bond donors (Lipinski definition) is 2. The molecule has 0 amide bonds. The molecule has 0 fully saturated rings. The molecule has 0 spiro atoms. The second kappa shape index (κ2) is 7.50. The molecular weight excluding hydrogens is 360 g/mol. The number of aromatic amines is 1. The minimum Gasteiger partial charge on any atom is -0.504 e. The Morgan fingerprint density at radius 2 is 2.08 bits per heavy atom. The molecule has 3 rings (SSSR count). The third-order valence-electron chi connectivity index (χ3n) is 3.40. The van der Waals surface area contributed by atoms with Gasteiger partial charge in [0.15, 0.2) is 17.3 Å². The second-order valence-electron chi connectivity index (χ2n) is 5.04. The number of rotatable bonds is 5. The van der Waals surface area contributed by atoms with Crippen molar-refractivity contribution in [2.24, 2.45) is 5.10 Å². The number of H-pyrrole nitrogens is 1. The molecule has 8 heteroatoms. The molecule has 0 aliphatic heterocycles. The van der Waals surface area contributed by atoms with Crippen LogP contribution >= 0.6 is 23.8 Å². The number of nitrogens with zero attached hydrogens (tertiary/aromatic N) is 3. The molecule has 0 atom stereocenters. The Morgan fingerprint density at radius 1 is 1.32 bits per heavy atom. The summed E-state index contributed by atoms with van der Waals surface area (Å²) < 4.78 is 7.18. The molecule has 0 aliphatic carbocycles. The van der Waals surface area contributed by atoms with Gasteiger partial charge in [-0.3, -0.25) is 0 Å². The number of benzene rings is 2. The average Bonchev–Trinajstić information content (AvgIpc) is 2.97. The fourth-order valence-corrected chi connectivity index (χ4v) is 2.53. The SMILES string of the molecule is CCOc1cccc(/C=N\n2c(-c3ccc(Cl)cc3)n[nH]c2=S)c1O. The normalized spacial score (nSPS) is 11.1. The van der Waals surface area contributed by atoms with Gasteiger partial charge < -0.3 is 9.84 Å². The molecule has 1 aromatic heterocycles. The first-order valence-electron chi connectivity index (χ1n) is 7.52. The monoisotopic (exact) mass is 374 g/mol. The van der Waals surface area contributed by atoms with Gasteiger partial charge in [-0.05, 0) is 55.5 Å². The van der Waals surface area contributed by atoms with Crippen LogP contribution in [0.1, 0.15) is 12.5 Å². The van der Waals surface area contributed by atoms with E-state index < -0.39 is 0 Å². The lowest BCUT2D eigenvalue weighted by Crippen LogP contribution is -1.97. The van der Waals surface area contributed by atoms with Gasteiger partial charge in [-0.1, -0.05) is 17.7 Å². The van der Waals surface area contributed by atoms with Gasteiger partial charge in [-0.15, -0.1) is 0 Å². The summed E-state index contributed by atoms with van der Waals surface area (Å²) in [5, 5.41) is 22.1. The zero-order valence-electron chi connectivity index (χ0n) is 13.3. The minimum atomic E-state index is 0.0242. The summed E-state index contributed by atoms with van der Waals surface area (Å²) in [4.78, 5) is 0. The highest BCUT2D eigenvalue weighted by atomic mass is 35.5. The standard InChI is InChI=1S/C17H15ClN4O2S/c1-2-24-14-5-3-4-12(15(14)23)10-19-22-16(20-21-17(22)25)11-6-8-13(18)9-7-11/h3-10,23H,2H2,1H3,(H,21,25)/b19-10-. The number of phenols is 1. The molecule has 1 heterocycles. The van der Waals surface area contributed by atoms with Crippen molar-refractivity contribution in [3.8, 4) is 22.9 Å². The Bertz CT molecular complexity index is 964. The molecule has 3 aromatic rings. The highest BCUT2D eigenvalue weighted by molar-refractivity contribution is 7.71. The molecule has 0 radical (unpaired) electrons. The number of aromatic hydroxyl groups is 1. The lowest BCUT2D eigenvalue weighted by Gasteiger charge is -2.07. The molecule has 0 saturated carbocycles. The Labute approximate surface area is 154 Å². The summed E-state index contributed by atoms with van der Waals surface area (Å²) in [6.45, 7) is 2.31. The fraction of sp³-hybridized carbons (Fsp3) is 0.118. The first-order valence-corrected chi connectivity index (χ1v) is 8.31. The van der Waals surface area contributed by atoms with Crippen LogP contribution in [-0.2, 0) is 0 Å². The summed E-state index contributed by atoms with van der Waals surface area (Å²) in [6.07, 6.45) is 1.50. The smallest absolute Gasteiger partial charge is 0.216 e. The van der Waals surface area contributed by atoms with E-state index in [4.69, 9.17) is 28.6 Å². The van der Waals surface area contributed by atoms with E-state index >= 15 is 0 Å². The van der Waals surface area contributed by atoms with E-state index in [1.807, 2.05) is 19.1 Å². The third kappa shape index (κ3) is 3.72. The fourth-order valence-electron chi connectivity index (χ4n) is 2.22. The zero-order valence-corrected chi connectivity index (χ0v) is 14.9. The van der Waals surface area contributed by atoms with Gasteiger partial charge in [-0.2, -0.15) is 14.9 Å². The minimum absolute atomic E-state index is 0.0242. The summed E-state index contributed by atoms with van der Waals surface area (Å²) in [5.74, 6) is 0.967. The van der Waals surface area contributed by atoms with Crippen LogP contribution in [0.2, 0.25) is 5.02 Å². The predicted octanol–water partition coefficient (Wildman–Crippen LogP) is 4.25. The van der Waals surface area contributed by atoms with E-state index in [1.54, 1.807) is 30.3 Å². The molecule has 2 N–H and O–H groups in total. The van der Waals surface area contributed by atoms with Crippen LogP contribution in [-0.4, -0.2) is 32.8 Å². The van der Waals surface area contributed by atoms with Crippen molar-refractivity contribution in [3.63, 3.8) is 0 Å². The highest BCUT2D eigenvalue weighted by Gasteiger charge is 2.09. The van der Waals surface area contributed by atoms with Crippen molar-refractivity contribution in [1.29, 1.82) is 0 Å². The van der Waals surface area contributed by atoms with Crippen LogP contribution in [0, 0.1) is 4.77 Å². The third-order valence-corrected chi connectivity index (χ3v) is 3.91. The molecule has 6 nitrogen and oxygen atoms in total. The van der Waals surface area contributed by atoms with Gasteiger partial charge in [-0.25, -0.2) is 5.10 Å². The van der Waals surface area contributed by atoms with Gasteiger partial charge in [0.25, 0.3) is 0 Å². The Morgan fingerprint density at radius 3 is 2.80 bits per heavy atom. The predicted molar refractivity (Wildman–Crippen MR) is 100 cm³/mol. The highest BCUT2D eigenvalue weighted by Crippen LogP contribution is 2.28. The van der Waals surface area contributed by atoms with Crippen LogP contribution in [0.3, 0.4) is 0 Å². The lowest BCUT2D eigenvalue weighted by molar-refractivity contribution is 0.318. The van der Waals surface area contributed by atoms with E-state index in [2.05, 4.69) is 15.3 Å². The molecule has 25 heavy (non-hydrogen) atoms. The van der Waals surface area contributed by atoms with Crippen LogP contribution in [0.15, 0.2) is 47.6 Å². The lowest BCUT2D eigenvalue weighted by atomic mass is 10.2. The van der Waals surface area contributed by atoms with Crippen molar-refractivity contribution in [2.45, 2.75) is 6.92 Å². The number of aromatic nitrogens is 3. The van der Waals surface area contributed by atoms with Crippen LogP contribution in [0.25, 0.3) is 11.4 Å². The summed E-state index contributed by atoms with van der Waals surface area (Å²) in [6, 6.07) is 12.4. The number of para-hydroxylation sites is 1. The van der Waals surface area contributed by atoms with Gasteiger partial charge in [0.05, 0.1) is 12.8 Å². The number of halogens is 1. The number of ether oxygens (including phenoxy) is 1. The summed E-state index contributed by atoms with van der Waals surface area (Å²) in [5.41, 5.74) is 1.32. The van der Waals surface area contributed by atoms with Crippen molar-refractivity contribution in [2.75, 3.05) is 6.61 Å². The Balaban J connectivity index is 1.98. The van der Waals surface area contributed by atoms with Crippen molar-refractivity contribution in [3.05, 3.63) is 57.8 Å². The van der Waals surface area contributed by atoms with E-state index in [1.165, 1.54) is 10.9 Å². The van der Waals surface area contributed by atoms with Crippen LogP contribution in [0.4, 0.5) is 0 Å². The van der Waals surface area contributed by atoms with Gasteiger partial charge in [0.1, 0.15) is 0 Å². The van der Waals surface area contributed by atoms with E-state index in [-0.39, 0.29) is 5.75 Å². The molecule has 0 bridgehead atoms. The van der Waals surface area contributed by atoms with Crippen LogP contribution in [0.5, 0.6) is 11.5 Å². The van der Waals surface area contributed by atoms with Crippen molar-refractivity contribution in [1.82, 2.24) is 14.9 Å². The molecule has 0 aliphatic rings. The van der Waals surface area contributed by atoms with Gasteiger partial charge in [0, 0.05) is 16.1 Å². The maximum absolute atomic E-state index is 10.2. The van der Waals surface area contributed by atoms with E-state index in [0.29, 0.717) is 33.5 Å². The maximum Gasteiger partial charge on any atom is 0.216 e. The average molecular weight is 375 g/mol. The van der Waals surface area contributed by atoms with Crippen LogP contribution < -0.4 is 4.74 Å². The number of nitrogens with one attached hydrogen (secondary N) is 1. The maximum atomic E-state index is 10.2. The van der Waals surface area contributed by atoms with Gasteiger partial charge >= 0.3 is 0 Å². The van der Waals surface area contributed by atoms with Gasteiger partial charge in [0.2, 0.25) is 4.77 Å². The first kappa shape index (κ1) is 17.2. The molecular formula is C17H15ClN4O2S. The molecule has 2 aromatic carbocycles. The first-order chi connectivity index (χ1) is 12.1. The van der Waals surface area contributed by atoms with E-state index in [0.717, 1.165) is 5.56 Å². The Kier molecular flexibility index (Phi) is 5.16.